The summed E-state index contributed by atoms with van der Waals surface area (Å²) in [6, 6.07) is 10.7. The van der Waals surface area contributed by atoms with E-state index in [4.69, 9.17) is 23.2 Å². The van der Waals surface area contributed by atoms with Crippen molar-refractivity contribution < 1.29 is 4.79 Å². The van der Waals surface area contributed by atoms with E-state index in [0.29, 0.717) is 15.8 Å². The molecular weight excluding hydrogens is 357 g/mol. The molecule has 132 valence electrons. The minimum absolute atomic E-state index is 0.230. The highest BCUT2D eigenvalue weighted by molar-refractivity contribution is 6.37. The van der Waals surface area contributed by atoms with Crippen LogP contribution < -0.4 is 10.7 Å². The van der Waals surface area contributed by atoms with Crippen molar-refractivity contribution in [2.24, 2.45) is 5.10 Å². The third-order valence-corrected chi connectivity index (χ3v) is 4.44. The van der Waals surface area contributed by atoms with Crippen LogP contribution in [-0.2, 0) is 4.79 Å². The van der Waals surface area contributed by atoms with E-state index in [-0.39, 0.29) is 5.91 Å². The molecule has 1 atom stereocenters. The molecule has 2 aromatic rings. The molecule has 2 rings (SSSR count). The number of nitrogens with one attached hydrogen (secondary N) is 2. The van der Waals surface area contributed by atoms with E-state index in [1.54, 1.807) is 32.0 Å². The fraction of sp³-hybridized carbons (Fsp3) is 0.263. The van der Waals surface area contributed by atoms with Crippen LogP contribution in [0.3, 0.4) is 0 Å². The lowest BCUT2D eigenvalue weighted by Crippen LogP contribution is -2.35. The van der Waals surface area contributed by atoms with Crippen molar-refractivity contribution >= 4 is 40.5 Å². The van der Waals surface area contributed by atoms with E-state index in [9.17, 15) is 4.79 Å². The van der Waals surface area contributed by atoms with Crippen LogP contribution in [0, 0.1) is 13.8 Å². The predicted octanol–water partition coefficient (Wildman–Crippen LogP) is 4.95. The maximum absolute atomic E-state index is 12.3. The standard InChI is InChI=1S/C19H21Cl2N3O/c1-11-6-5-7-12(2)18(11)22-14(4)19(25)24-23-13(3)16-9-8-15(20)10-17(16)21/h5-10,14,22H,1-4H3,(H,24,25). The van der Waals surface area contributed by atoms with Crippen LogP contribution in [-0.4, -0.2) is 17.7 Å². The summed E-state index contributed by atoms with van der Waals surface area (Å²) in [5, 5.41) is 8.42. The van der Waals surface area contributed by atoms with Crippen LogP contribution in [0.25, 0.3) is 0 Å². The van der Waals surface area contributed by atoms with E-state index in [1.807, 2.05) is 32.0 Å². The van der Waals surface area contributed by atoms with E-state index in [2.05, 4.69) is 15.8 Å². The molecule has 0 aliphatic carbocycles. The molecule has 1 amide bonds. The molecule has 6 heteroatoms. The molecule has 0 bridgehead atoms. The number of halogens is 2. The monoisotopic (exact) mass is 377 g/mol. The number of benzene rings is 2. The van der Waals surface area contributed by atoms with Crippen molar-refractivity contribution in [1.82, 2.24) is 5.43 Å². The predicted molar refractivity (Wildman–Crippen MR) is 106 cm³/mol. The van der Waals surface area contributed by atoms with Crippen molar-refractivity contribution in [3.8, 4) is 0 Å². The van der Waals surface area contributed by atoms with Crippen LogP contribution >= 0.6 is 23.2 Å². The van der Waals surface area contributed by atoms with Gasteiger partial charge in [-0.15, -0.1) is 0 Å². The van der Waals surface area contributed by atoms with Crippen LogP contribution in [0.2, 0.25) is 10.0 Å². The van der Waals surface area contributed by atoms with Gasteiger partial charge in [0.25, 0.3) is 5.91 Å². The van der Waals surface area contributed by atoms with Gasteiger partial charge in [-0.3, -0.25) is 4.79 Å². The topological polar surface area (TPSA) is 53.5 Å². The van der Waals surface area contributed by atoms with E-state index < -0.39 is 6.04 Å². The summed E-state index contributed by atoms with van der Waals surface area (Å²) in [4.78, 5) is 12.3. The lowest BCUT2D eigenvalue weighted by Gasteiger charge is -2.17. The number of amides is 1. The average molecular weight is 378 g/mol. The van der Waals surface area contributed by atoms with Crippen molar-refractivity contribution in [2.45, 2.75) is 33.7 Å². The quantitative estimate of drug-likeness (QED) is 0.571. The van der Waals surface area contributed by atoms with Crippen LogP contribution in [0.5, 0.6) is 0 Å². The minimum atomic E-state index is -0.433. The Hall–Kier alpha value is -2.04. The number of anilines is 1. The third-order valence-electron chi connectivity index (χ3n) is 3.89. The molecule has 0 aliphatic heterocycles. The summed E-state index contributed by atoms with van der Waals surface area (Å²) < 4.78 is 0. The first-order chi connectivity index (χ1) is 11.8. The van der Waals surface area contributed by atoms with Gasteiger partial charge in [0.1, 0.15) is 6.04 Å². The van der Waals surface area contributed by atoms with Crippen LogP contribution in [0.15, 0.2) is 41.5 Å². The third kappa shape index (κ3) is 4.97. The van der Waals surface area contributed by atoms with Gasteiger partial charge < -0.3 is 5.32 Å². The number of hydrazone groups is 1. The minimum Gasteiger partial charge on any atom is -0.373 e. The highest BCUT2D eigenvalue weighted by atomic mass is 35.5. The summed E-state index contributed by atoms with van der Waals surface area (Å²) in [5.74, 6) is -0.230. The van der Waals surface area contributed by atoms with Crippen molar-refractivity contribution in [2.75, 3.05) is 5.32 Å². The molecule has 0 fully saturated rings. The highest BCUT2D eigenvalue weighted by Crippen LogP contribution is 2.22. The molecular formula is C19H21Cl2N3O. The van der Waals surface area contributed by atoms with E-state index >= 15 is 0 Å². The van der Waals surface area contributed by atoms with Gasteiger partial charge in [-0.1, -0.05) is 47.5 Å². The Morgan fingerprint density at radius 3 is 2.36 bits per heavy atom. The van der Waals surface area contributed by atoms with E-state index in [0.717, 1.165) is 22.4 Å². The molecule has 4 nitrogen and oxygen atoms in total. The molecule has 0 aliphatic rings. The molecule has 0 saturated heterocycles. The SMILES string of the molecule is CC(=NNC(=O)C(C)Nc1c(C)cccc1C)c1ccc(Cl)cc1Cl. The average Bonchev–Trinajstić information content (AvgIpc) is 2.55. The summed E-state index contributed by atoms with van der Waals surface area (Å²) in [6.07, 6.45) is 0. The number of carbonyl (C=O) groups excluding carboxylic acids is 1. The molecule has 0 spiro atoms. The Morgan fingerprint density at radius 1 is 1.12 bits per heavy atom. The lowest BCUT2D eigenvalue weighted by atomic mass is 10.1. The maximum Gasteiger partial charge on any atom is 0.262 e. The summed E-state index contributed by atoms with van der Waals surface area (Å²) >= 11 is 12.0. The molecule has 0 aromatic heterocycles. The van der Waals surface area contributed by atoms with Crippen molar-refractivity contribution in [1.29, 1.82) is 0 Å². The number of aryl methyl sites for hydroxylation is 2. The number of hydrogen-bond donors (Lipinski definition) is 2. The van der Waals surface area contributed by atoms with Crippen molar-refractivity contribution in [3.05, 3.63) is 63.1 Å². The lowest BCUT2D eigenvalue weighted by molar-refractivity contribution is -0.121. The number of nitrogens with zero attached hydrogens (tertiary/aromatic N) is 1. The van der Waals surface area contributed by atoms with Gasteiger partial charge in [0.05, 0.1) is 10.7 Å². The smallest absolute Gasteiger partial charge is 0.262 e. The summed E-state index contributed by atoms with van der Waals surface area (Å²) in [5.41, 5.74) is 7.05. The zero-order chi connectivity index (χ0) is 18.6. The van der Waals surface area contributed by atoms with Gasteiger partial charge in [-0.2, -0.15) is 5.10 Å². The Morgan fingerprint density at radius 2 is 1.76 bits per heavy atom. The second kappa shape index (κ2) is 8.37. The molecule has 0 heterocycles. The largest absolute Gasteiger partial charge is 0.373 e. The fourth-order valence-electron chi connectivity index (χ4n) is 2.40. The Balaban J connectivity index is 2.06. The van der Waals surface area contributed by atoms with Gasteiger partial charge in [-0.25, -0.2) is 5.43 Å². The first-order valence-corrected chi connectivity index (χ1v) is 8.67. The van der Waals surface area contributed by atoms with E-state index in [1.165, 1.54) is 0 Å². The van der Waals surface area contributed by atoms with Gasteiger partial charge in [0.15, 0.2) is 0 Å². The second-order valence-electron chi connectivity index (χ2n) is 5.93. The summed E-state index contributed by atoms with van der Waals surface area (Å²) in [6.45, 7) is 7.58. The van der Waals surface area contributed by atoms with Crippen LogP contribution in [0.1, 0.15) is 30.5 Å². The Labute approximate surface area is 158 Å². The Bertz CT molecular complexity index is 798. The van der Waals surface area contributed by atoms with Gasteiger partial charge >= 0.3 is 0 Å². The summed E-state index contributed by atoms with van der Waals surface area (Å²) in [7, 11) is 0. The van der Waals surface area contributed by atoms with Gasteiger partial charge in [0.2, 0.25) is 0 Å². The van der Waals surface area contributed by atoms with Gasteiger partial charge in [-0.05, 0) is 51.0 Å². The number of hydrogen-bond acceptors (Lipinski definition) is 3. The van der Waals surface area contributed by atoms with Gasteiger partial charge in [0, 0.05) is 16.3 Å². The molecule has 2 N–H and O–H groups in total. The molecule has 25 heavy (non-hydrogen) atoms. The second-order valence-corrected chi connectivity index (χ2v) is 6.77. The molecule has 1 unspecified atom stereocenters. The zero-order valence-corrected chi connectivity index (χ0v) is 16.2. The fourth-order valence-corrected chi connectivity index (χ4v) is 2.95. The first kappa shape index (κ1) is 19.3. The molecule has 0 saturated carbocycles. The maximum atomic E-state index is 12.3. The molecule has 2 aromatic carbocycles. The normalized spacial score (nSPS) is 12.6. The first-order valence-electron chi connectivity index (χ1n) is 7.92. The molecule has 0 radical (unpaired) electrons. The van der Waals surface area contributed by atoms with Crippen LogP contribution in [0.4, 0.5) is 5.69 Å². The Kier molecular flexibility index (Phi) is 6.45. The zero-order valence-electron chi connectivity index (χ0n) is 14.7. The van der Waals surface area contributed by atoms with Crippen molar-refractivity contribution in [3.63, 3.8) is 0 Å². The number of para-hydroxylation sites is 1. The number of carbonyl (C=O) groups is 1. The number of rotatable bonds is 5. The highest BCUT2D eigenvalue weighted by Gasteiger charge is 2.14.